The van der Waals surface area contributed by atoms with Crippen molar-refractivity contribution < 1.29 is 4.79 Å². The Morgan fingerprint density at radius 1 is 0.960 bits per heavy atom. The molecular weight excluding hydrogens is 306 g/mol. The maximum atomic E-state index is 11.4. The highest BCUT2D eigenvalue weighted by Crippen LogP contribution is 2.12. The molecule has 1 aromatic rings. The summed E-state index contributed by atoms with van der Waals surface area (Å²) < 4.78 is 0. The number of carbonyl (C=O) groups excluding carboxylic acids is 1. The van der Waals surface area contributed by atoms with E-state index in [0.29, 0.717) is 0 Å². The van der Waals surface area contributed by atoms with E-state index in [1.807, 2.05) is 30.3 Å². The molecule has 0 heterocycles. The van der Waals surface area contributed by atoms with Crippen molar-refractivity contribution in [2.24, 2.45) is 0 Å². The molecule has 0 aromatic heterocycles. The van der Waals surface area contributed by atoms with E-state index in [1.54, 1.807) is 6.92 Å². The number of benzene rings is 1. The Hall–Kier alpha value is -1.83. The zero-order chi connectivity index (χ0) is 18.2. The Morgan fingerprint density at radius 3 is 2.28 bits per heavy atom. The van der Waals surface area contributed by atoms with Gasteiger partial charge in [0.05, 0.1) is 0 Å². The lowest BCUT2D eigenvalue weighted by molar-refractivity contribution is 0.101. The van der Waals surface area contributed by atoms with E-state index in [1.165, 1.54) is 51.4 Å². The number of ketones is 1. The van der Waals surface area contributed by atoms with Gasteiger partial charge in [-0.05, 0) is 57.6 Å². The van der Waals surface area contributed by atoms with Crippen LogP contribution in [0.3, 0.4) is 0 Å². The molecule has 25 heavy (non-hydrogen) atoms. The van der Waals surface area contributed by atoms with Crippen LogP contribution < -0.4 is 5.32 Å². The van der Waals surface area contributed by atoms with Gasteiger partial charge in [0.1, 0.15) is 0 Å². The average Bonchev–Trinajstić information content (AvgIpc) is 2.62. The molecular formula is C23H35NO. The molecule has 1 aromatic carbocycles. The number of anilines is 1. The molecule has 0 unspecified atom stereocenters. The molecule has 0 spiro atoms. The van der Waals surface area contributed by atoms with Crippen LogP contribution in [-0.2, 0) is 0 Å². The second-order valence-corrected chi connectivity index (χ2v) is 6.66. The van der Waals surface area contributed by atoms with Crippen molar-refractivity contribution in [1.29, 1.82) is 0 Å². The van der Waals surface area contributed by atoms with Crippen LogP contribution >= 0.6 is 0 Å². The van der Waals surface area contributed by atoms with Crippen molar-refractivity contribution in [2.45, 2.75) is 71.1 Å². The third-order valence-electron chi connectivity index (χ3n) is 4.34. The van der Waals surface area contributed by atoms with Gasteiger partial charge in [0.2, 0.25) is 0 Å². The second kappa shape index (κ2) is 14.5. The summed E-state index contributed by atoms with van der Waals surface area (Å²) >= 11 is 0. The van der Waals surface area contributed by atoms with Crippen molar-refractivity contribution in [1.82, 2.24) is 0 Å². The molecule has 0 radical (unpaired) electrons. The van der Waals surface area contributed by atoms with Crippen LogP contribution in [0.25, 0.3) is 0 Å². The minimum Gasteiger partial charge on any atom is -0.385 e. The van der Waals surface area contributed by atoms with Gasteiger partial charge >= 0.3 is 0 Å². The molecule has 0 saturated carbocycles. The predicted octanol–water partition coefficient (Wildman–Crippen LogP) is 6.94. The van der Waals surface area contributed by atoms with Crippen molar-refractivity contribution in [3.63, 3.8) is 0 Å². The first-order chi connectivity index (χ1) is 12.2. The average molecular weight is 342 g/mol. The van der Waals surface area contributed by atoms with E-state index in [9.17, 15) is 4.79 Å². The van der Waals surface area contributed by atoms with Crippen molar-refractivity contribution in [3.8, 4) is 0 Å². The first-order valence-electron chi connectivity index (χ1n) is 9.85. The minimum absolute atomic E-state index is 0.114. The van der Waals surface area contributed by atoms with Gasteiger partial charge in [0.25, 0.3) is 0 Å². The van der Waals surface area contributed by atoms with E-state index in [-0.39, 0.29) is 5.78 Å². The smallest absolute Gasteiger partial charge is 0.159 e. The Morgan fingerprint density at radius 2 is 1.60 bits per heavy atom. The first-order valence-corrected chi connectivity index (χ1v) is 9.85. The minimum atomic E-state index is 0.114. The van der Waals surface area contributed by atoms with Gasteiger partial charge in [-0.2, -0.15) is 0 Å². The second-order valence-electron chi connectivity index (χ2n) is 6.66. The molecule has 0 amide bonds. The quantitative estimate of drug-likeness (QED) is 0.212. The number of nitrogens with one attached hydrogen (secondary N) is 1. The van der Waals surface area contributed by atoms with Crippen LogP contribution in [0, 0.1) is 0 Å². The lowest BCUT2D eigenvalue weighted by Crippen LogP contribution is -2.02. The fraction of sp³-hybridized carbons (Fsp3) is 0.522. The molecule has 2 nitrogen and oxygen atoms in total. The zero-order valence-corrected chi connectivity index (χ0v) is 15.9. The SMILES string of the molecule is C=CCCCCCCCCC=CCCCNc1cccc(C(C)=O)c1. The van der Waals surface area contributed by atoms with Crippen LogP contribution in [0.5, 0.6) is 0 Å². The molecule has 1 rings (SSSR count). The van der Waals surface area contributed by atoms with Gasteiger partial charge in [-0.3, -0.25) is 4.79 Å². The third kappa shape index (κ3) is 11.4. The summed E-state index contributed by atoms with van der Waals surface area (Å²) in [6.07, 6.45) is 19.3. The molecule has 0 aliphatic carbocycles. The number of allylic oxidation sites excluding steroid dienone is 3. The highest BCUT2D eigenvalue weighted by atomic mass is 16.1. The Kier molecular flexibility index (Phi) is 12.3. The molecule has 1 N–H and O–H groups in total. The maximum Gasteiger partial charge on any atom is 0.159 e. The van der Waals surface area contributed by atoms with E-state index < -0.39 is 0 Å². The third-order valence-corrected chi connectivity index (χ3v) is 4.34. The highest BCUT2D eigenvalue weighted by Gasteiger charge is 1.99. The van der Waals surface area contributed by atoms with Gasteiger partial charge in [-0.1, -0.05) is 56.0 Å². The lowest BCUT2D eigenvalue weighted by atomic mass is 10.1. The van der Waals surface area contributed by atoms with Gasteiger partial charge < -0.3 is 5.32 Å². The molecule has 0 aliphatic heterocycles. The molecule has 0 bridgehead atoms. The molecule has 2 heteroatoms. The zero-order valence-electron chi connectivity index (χ0n) is 15.9. The van der Waals surface area contributed by atoms with Crippen LogP contribution in [0.1, 0.15) is 81.5 Å². The van der Waals surface area contributed by atoms with Gasteiger partial charge in [-0.25, -0.2) is 0 Å². The van der Waals surface area contributed by atoms with E-state index in [4.69, 9.17) is 0 Å². The van der Waals surface area contributed by atoms with E-state index in [2.05, 4.69) is 24.0 Å². The standard InChI is InChI=1S/C23H35NO/c1-3-4-5-6-7-8-9-10-11-12-13-14-15-19-24-23-18-16-17-22(20-23)21(2)25/h3,12-13,16-18,20,24H,1,4-11,14-15,19H2,2H3. The van der Waals surface area contributed by atoms with Crippen LogP contribution in [0.4, 0.5) is 5.69 Å². The first kappa shape index (κ1) is 21.2. The highest BCUT2D eigenvalue weighted by molar-refractivity contribution is 5.94. The number of Topliss-reactive ketones (excluding diaryl/α,β-unsaturated/α-hetero) is 1. The van der Waals surface area contributed by atoms with E-state index in [0.717, 1.165) is 30.6 Å². The number of carbonyl (C=O) groups is 1. The van der Waals surface area contributed by atoms with Gasteiger partial charge in [-0.15, -0.1) is 6.58 Å². The van der Waals surface area contributed by atoms with Crippen LogP contribution in [0.2, 0.25) is 0 Å². The molecule has 0 saturated heterocycles. The predicted molar refractivity (Wildman–Crippen MR) is 110 cm³/mol. The molecule has 0 fully saturated rings. The Labute approximate surface area is 154 Å². The Bertz CT molecular complexity index is 519. The van der Waals surface area contributed by atoms with Crippen molar-refractivity contribution >= 4 is 11.5 Å². The van der Waals surface area contributed by atoms with Crippen molar-refractivity contribution in [2.75, 3.05) is 11.9 Å². The summed E-state index contributed by atoms with van der Waals surface area (Å²) in [6.45, 7) is 6.30. The number of unbranched alkanes of at least 4 members (excludes halogenated alkanes) is 8. The van der Waals surface area contributed by atoms with Crippen LogP contribution in [-0.4, -0.2) is 12.3 Å². The summed E-state index contributed by atoms with van der Waals surface area (Å²) in [4.78, 5) is 11.4. The maximum absolute atomic E-state index is 11.4. The Balaban J connectivity index is 1.96. The fourth-order valence-electron chi connectivity index (χ4n) is 2.79. The molecule has 0 atom stereocenters. The summed E-state index contributed by atoms with van der Waals surface area (Å²) in [5.74, 6) is 0.114. The number of hydrogen-bond donors (Lipinski definition) is 1. The summed E-state index contributed by atoms with van der Waals surface area (Å²) in [7, 11) is 0. The number of hydrogen-bond acceptors (Lipinski definition) is 2. The lowest BCUT2D eigenvalue weighted by Gasteiger charge is -2.06. The van der Waals surface area contributed by atoms with E-state index >= 15 is 0 Å². The largest absolute Gasteiger partial charge is 0.385 e. The monoisotopic (exact) mass is 341 g/mol. The normalized spacial score (nSPS) is 10.9. The van der Waals surface area contributed by atoms with Crippen LogP contribution in [0.15, 0.2) is 49.1 Å². The summed E-state index contributed by atoms with van der Waals surface area (Å²) in [5, 5.41) is 3.39. The molecule has 138 valence electrons. The molecule has 0 aliphatic rings. The number of rotatable bonds is 15. The summed E-state index contributed by atoms with van der Waals surface area (Å²) in [6, 6.07) is 7.73. The van der Waals surface area contributed by atoms with Crippen molar-refractivity contribution in [3.05, 3.63) is 54.6 Å². The fourth-order valence-corrected chi connectivity index (χ4v) is 2.79. The van der Waals surface area contributed by atoms with Gasteiger partial charge in [0, 0.05) is 17.8 Å². The van der Waals surface area contributed by atoms with Gasteiger partial charge in [0.15, 0.2) is 5.78 Å². The topological polar surface area (TPSA) is 29.1 Å². The summed E-state index contributed by atoms with van der Waals surface area (Å²) in [5.41, 5.74) is 1.80.